The fraction of sp³-hybridized carbons (Fsp3) is 0.647. The third-order valence-electron chi connectivity index (χ3n) is 3.74. The Morgan fingerprint density at radius 3 is 2.50 bits per heavy atom. The van der Waals surface area contributed by atoms with Gasteiger partial charge in [-0.15, -0.1) is 0 Å². The molecule has 0 aliphatic rings. The summed E-state index contributed by atoms with van der Waals surface area (Å²) < 4.78 is 5.79. The highest BCUT2D eigenvalue weighted by Gasteiger charge is 2.06. The summed E-state index contributed by atoms with van der Waals surface area (Å²) in [6, 6.07) is 9.01. The fourth-order valence-electron chi connectivity index (χ4n) is 1.95. The monoisotopic (exact) mass is 278 g/mol. The molecule has 0 heterocycles. The Balaban J connectivity index is 2.27. The van der Waals surface area contributed by atoms with E-state index in [9.17, 15) is 0 Å². The van der Waals surface area contributed by atoms with Gasteiger partial charge >= 0.3 is 0 Å². The molecule has 0 aliphatic carbocycles. The quantitative estimate of drug-likeness (QED) is 0.665. The minimum Gasteiger partial charge on any atom is -0.492 e. The standard InChI is InChI=1S/C17H30N2O/c1-5-11-18-14-16-7-9-17(10-8-16)20-13-12-19(4)15(3)6-2/h7-10,15,18H,5-6,11-14H2,1-4H3. The predicted octanol–water partition coefficient (Wildman–Crippen LogP) is 3.30. The Hall–Kier alpha value is -1.06. The Morgan fingerprint density at radius 2 is 1.90 bits per heavy atom. The molecule has 0 spiro atoms. The summed E-state index contributed by atoms with van der Waals surface area (Å²) in [4.78, 5) is 2.34. The minimum atomic E-state index is 0.616. The van der Waals surface area contributed by atoms with Crippen molar-refractivity contribution in [1.82, 2.24) is 10.2 Å². The van der Waals surface area contributed by atoms with Crippen molar-refractivity contribution < 1.29 is 4.74 Å². The molecule has 3 nitrogen and oxygen atoms in total. The Kier molecular flexibility index (Phi) is 8.31. The first-order valence-electron chi connectivity index (χ1n) is 7.80. The van der Waals surface area contributed by atoms with Crippen molar-refractivity contribution in [2.45, 2.75) is 46.2 Å². The highest BCUT2D eigenvalue weighted by Crippen LogP contribution is 2.12. The first-order valence-corrected chi connectivity index (χ1v) is 7.80. The molecular weight excluding hydrogens is 248 g/mol. The van der Waals surface area contributed by atoms with E-state index in [4.69, 9.17) is 4.74 Å². The van der Waals surface area contributed by atoms with Crippen LogP contribution in [0, 0.1) is 0 Å². The average molecular weight is 278 g/mol. The van der Waals surface area contributed by atoms with Crippen LogP contribution in [0.25, 0.3) is 0 Å². The van der Waals surface area contributed by atoms with Gasteiger partial charge in [-0.25, -0.2) is 0 Å². The average Bonchev–Trinajstić information content (AvgIpc) is 2.48. The largest absolute Gasteiger partial charge is 0.492 e. The number of nitrogens with zero attached hydrogens (tertiary/aromatic N) is 1. The third kappa shape index (κ3) is 6.40. The van der Waals surface area contributed by atoms with Gasteiger partial charge in [0, 0.05) is 19.1 Å². The van der Waals surface area contributed by atoms with Crippen LogP contribution < -0.4 is 10.1 Å². The zero-order valence-electron chi connectivity index (χ0n) is 13.5. The van der Waals surface area contributed by atoms with E-state index < -0.39 is 0 Å². The molecule has 1 unspecified atom stereocenters. The molecule has 0 aliphatic heterocycles. The second-order valence-electron chi connectivity index (χ2n) is 5.41. The first kappa shape index (κ1) is 17.0. The van der Waals surface area contributed by atoms with Crippen LogP contribution in [-0.4, -0.2) is 37.7 Å². The smallest absolute Gasteiger partial charge is 0.119 e. The van der Waals surface area contributed by atoms with Crippen LogP contribution in [0.2, 0.25) is 0 Å². The first-order chi connectivity index (χ1) is 9.67. The van der Waals surface area contributed by atoms with Crippen molar-refractivity contribution in [3.05, 3.63) is 29.8 Å². The number of benzene rings is 1. The highest BCUT2D eigenvalue weighted by molar-refractivity contribution is 5.27. The zero-order valence-corrected chi connectivity index (χ0v) is 13.5. The van der Waals surface area contributed by atoms with E-state index in [1.54, 1.807) is 0 Å². The van der Waals surface area contributed by atoms with E-state index in [-0.39, 0.29) is 0 Å². The van der Waals surface area contributed by atoms with E-state index in [1.165, 1.54) is 18.4 Å². The van der Waals surface area contributed by atoms with Gasteiger partial charge in [0.25, 0.3) is 0 Å². The topological polar surface area (TPSA) is 24.5 Å². The van der Waals surface area contributed by atoms with Gasteiger partial charge < -0.3 is 15.0 Å². The number of nitrogens with one attached hydrogen (secondary N) is 1. The zero-order chi connectivity index (χ0) is 14.8. The number of ether oxygens (including phenoxy) is 1. The fourth-order valence-corrected chi connectivity index (χ4v) is 1.95. The number of hydrogen-bond acceptors (Lipinski definition) is 3. The lowest BCUT2D eigenvalue weighted by Crippen LogP contribution is -2.32. The van der Waals surface area contributed by atoms with Gasteiger partial charge in [-0.2, -0.15) is 0 Å². The van der Waals surface area contributed by atoms with E-state index >= 15 is 0 Å². The molecule has 3 heteroatoms. The molecule has 114 valence electrons. The van der Waals surface area contributed by atoms with Gasteiger partial charge in [0.2, 0.25) is 0 Å². The maximum absolute atomic E-state index is 5.79. The van der Waals surface area contributed by atoms with Crippen LogP contribution in [0.1, 0.15) is 39.2 Å². The summed E-state index contributed by atoms with van der Waals surface area (Å²) in [6.45, 7) is 10.4. The molecule has 0 fully saturated rings. The lowest BCUT2D eigenvalue weighted by Gasteiger charge is -2.23. The molecule has 0 radical (unpaired) electrons. The van der Waals surface area contributed by atoms with E-state index in [0.717, 1.165) is 32.0 Å². The van der Waals surface area contributed by atoms with E-state index in [0.29, 0.717) is 6.04 Å². The second-order valence-corrected chi connectivity index (χ2v) is 5.41. The lowest BCUT2D eigenvalue weighted by atomic mass is 10.2. The molecule has 1 aromatic rings. The van der Waals surface area contributed by atoms with Crippen molar-refractivity contribution >= 4 is 0 Å². The Morgan fingerprint density at radius 1 is 1.20 bits per heavy atom. The molecular formula is C17H30N2O. The molecule has 1 rings (SSSR count). The Bertz CT molecular complexity index is 351. The van der Waals surface area contributed by atoms with Crippen LogP contribution >= 0.6 is 0 Å². The molecule has 1 atom stereocenters. The third-order valence-corrected chi connectivity index (χ3v) is 3.74. The molecule has 20 heavy (non-hydrogen) atoms. The van der Waals surface area contributed by atoms with Gasteiger partial charge in [0.15, 0.2) is 0 Å². The number of rotatable bonds is 10. The number of likely N-dealkylation sites (N-methyl/N-ethyl adjacent to an activating group) is 1. The van der Waals surface area contributed by atoms with Crippen molar-refractivity contribution in [2.75, 3.05) is 26.7 Å². The van der Waals surface area contributed by atoms with Crippen molar-refractivity contribution in [3.63, 3.8) is 0 Å². The second kappa shape index (κ2) is 9.78. The lowest BCUT2D eigenvalue weighted by molar-refractivity contribution is 0.196. The van der Waals surface area contributed by atoms with Gasteiger partial charge in [-0.1, -0.05) is 26.0 Å². The minimum absolute atomic E-state index is 0.616. The molecule has 1 aromatic carbocycles. The molecule has 0 saturated heterocycles. The molecule has 0 amide bonds. The van der Waals surface area contributed by atoms with Gasteiger partial charge in [0.1, 0.15) is 12.4 Å². The van der Waals surface area contributed by atoms with Crippen molar-refractivity contribution in [3.8, 4) is 5.75 Å². The SMILES string of the molecule is CCCNCc1ccc(OCCN(C)C(C)CC)cc1. The van der Waals surface area contributed by atoms with E-state index in [2.05, 4.69) is 62.3 Å². The molecule has 1 N–H and O–H groups in total. The van der Waals surface area contributed by atoms with Crippen molar-refractivity contribution in [2.24, 2.45) is 0 Å². The van der Waals surface area contributed by atoms with Crippen LogP contribution in [0.4, 0.5) is 0 Å². The normalized spacial score (nSPS) is 12.7. The van der Waals surface area contributed by atoms with Crippen LogP contribution in [0.5, 0.6) is 5.75 Å². The summed E-state index contributed by atoms with van der Waals surface area (Å²) >= 11 is 0. The van der Waals surface area contributed by atoms with Crippen LogP contribution in [0.3, 0.4) is 0 Å². The van der Waals surface area contributed by atoms with Crippen LogP contribution in [-0.2, 0) is 6.54 Å². The maximum Gasteiger partial charge on any atom is 0.119 e. The van der Waals surface area contributed by atoms with Gasteiger partial charge in [-0.05, 0) is 51.1 Å². The summed E-state index contributed by atoms with van der Waals surface area (Å²) in [7, 11) is 2.15. The summed E-state index contributed by atoms with van der Waals surface area (Å²) in [6.07, 6.45) is 2.35. The summed E-state index contributed by atoms with van der Waals surface area (Å²) in [5, 5.41) is 3.40. The Labute approximate surface area is 124 Å². The van der Waals surface area contributed by atoms with Crippen molar-refractivity contribution in [1.29, 1.82) is 0 Å². The highest BCUT2D eigenvalue weighted by atomic mass is 16.5. The number of hydrogen-bond donors (Lipinski definition) is 1. The van der Waals surface area contributed by atoms with Gasteiger partial charge in [0.05, 0.1) is 0 Å². The summed E-state index contributed by atoms with van der Waals surface area (Å²) in [5.74, 6) is 0.960. The molecule has 0 aromatic heterocycles. The summed E-state index contributed by atoms with van der Waals surface area (Å²) in [5.41, 5.74) is 1.31. The predicted molar refractivity (Wildman–Crippen MR) is 86.3 cm³/mol. The maximum atomic E-state index is 5.79. The van der Waals surface area contributed by atoms with E-state index in [1.807, 2.05) is 0 Å². The van der Waals surface area contributed by atoms with Gasteiger partial charge in [-0.3, -0.25) is 0 Å². The molecule has 0 saturated carbocycles. The molecule has 0 bridgehead atoms. The van der Waals surface area contributed by atoms with Crippen LogP contribution in [0.15, 0.2) is 24.3 Å².